The molecule has 2 aliphatic rings. The van der Waals surface area contributed by atoms with E-state index in [9.17, 15) is 4.79 Å². The van der Waals surface area contributed by atoms with Crippen molar-refractivity contribution in [1.29, 1.82) is 0 Å². The highest BCUT2D eigenvalue weighted by Crippen LogP contribution is 2.29. The number of amides is 1. The molecule has 0 aromatic heterocycles. The summed E-state index contributed by atoms with van der Waals surface area (Å²) in [5, 5.41) is 3.30. The second-order valence-electron chi connectivity index (χ2n) is 5.35. The summed E-state index contributed by atoms with van der Waals surface area (Å²) >= 11 is 0. The van der Waals surface area contributed by atoms with E-state index in [-0.39, 0.29) is 0 Å². The van der Waals surface area contributed by atoms with Crippen molar-refractivity contribution in [2.24, 2.45) is 0 Å². The molecule has 0 aromatic carbocycles. The molecule has 2 atom stereocenters. The molecule has 0 aromatic rings. The van der Waals surface area contributed by atoms with Crippen LogP contribution >= 0.6 is 0 Å². The average molecular weight is 240 g/mol. The molecule has 0 radical (unpaired) electrons. The first kappa shape index (κ1) is 12.8. The van der Waals surface area contributed by atoms with E-state index in [1.54, 1.807) is 0 Å². The third kappa shape index (κ3) is 3.19. The SMILES string of the molecule is CC(C)NCCC(=O)N1CCOC2CCCC21. The van der Waals surface area contributed by atoms with Gasteiger partial charge in [-0.05, 0) is 19.3 Å². The van der Waals surface area contributed by atoms with Crippen molar-refractivity contribution in [1.82, 2.24) is 10.2 Å². The molecule has 1 saturated carbocycles. The number of carbonyl (C=O) groups is 1. The zero-order chi connectivity index (χ0) is 12.3. The first-order valence-electron chi connectivity index (χ1n) is 6.83. The summed E-state index contributed by atoms with van der Waals surface area (Å²) in [6.45, 7) is 6.48. The predicted octanol–water partition coefficient (Wildman–Crippen LogP) is 1.15. The number of nitrogens with one attached hydrogen (secondary N) is 1. The molecule has 17 heavy (non-hydrogen) atoms. The third-order valence-electron chi connectivity index (χ3n) is 3.69. The molecule has 1 aliphatic heterocycles. The highest BCUT2D eigenvalue weighted by Gasteiger charge is 2.37. The van der Waals surface area contributed by atoms with Crippen molar-refractivity contribution in [3.63, 3.8) is 0 Å². The number of nitrogens with zero attached hydrogens (tertiary/aromatic N) is 1. The van der Waals surface area contributed by atoms with Crippen LogP contribution in [-0.4, -0.2) is 48.7 Å². The van der Waals surface area contributed by atoms with Gasteiger partial charge in [-0.15, -0.1) is 0 Å². The molecule has 1 aliphatic carbocycles. The Hall–Kier alpha value is -0.610. The van der Waals surface area contributed by atoms with Gasteiger partial charge in [-0.3, -0.25) is 4.79 Å². The maximum Gasteiger partial charge on any atom is 0.224 e. The smallest absolute Gasteiger partial charge is 0.224 e. The summed E-state index contributed by atoms with van der Waals surface area (Å²) in [7, 11) is 0. The van der Waals surface area contributed by atoms with Gasteiger partial charge in [-0.25, -0.2) is 0 Å². The molecule has 2 fully saturated rings. The minimum absolute atomic E-state index is 0.290. The monoisotopic (exact) mass is 240 g/mol. The van der Waals surface area contributed by atoms with Crippen LogP contribution < -0.4 is 5.32 Å². The molecular weight excluding hydrogens is 216 g/mol. The van der Waals surface area contributed by atoms with Gasteiger partial charge < -0.3 is 15.0 Å². The summed E-state index contributed by atoms with van der Waals surface area (Å²) in [5.74, 6) is 0.290. The van der Waals surface area contributed by atoms with Crippen molar-refractivity contribution < 1.29 is 9.53 Å². The van der Waals surface area contributed by atoms with Gasteiger partial charge >= 0.3 is 0 Å². The summed E-state index contributed by atoms with van der Waals surface area (Å²) < 4.78 is 5.72. The van der Waals surface area contributed by atoms with E-state index < -0.39 is 0 Å². The molecule has 0 bridgehead atoms. The lowest BCUT2D eigenvalue weighted by Gasteiger charge is -2.37. The minimum Gasteiger partial charge on any atom is -0.374 e. The Labute approximate surface area is 104 Å². The molecule has 1 N–H and O–H groups in total. The van der Waals surface area contributed by atoms with Gasteiger partial charge in [-0.2, -0.15) is 0 Å². The number of fused-ring (bicyclic) bond motifs is 1. The minimum atomic E-state index is 0.290. The van der Waals surface area contributed by atoms with Crippen LogP contribution in [0.5, 0.6) is 0 Å². The molecule has 1 saturated heterocycles. The van der Waals surface area contributed by atoms with Crippen molar-refractivity contribution in [3.8, 4) is 0 Å². The van der Waals surface area contributed by atoms with Crippen molar-refractivity contribution in [2.75, 3.05) is 19.7 Å². The fourth-order valence-corrected chi connectivity index (χ4v) is 2.85. The molecular formula is C13H24N2O2. The number of rotatable bonds is 4. The Bertz CT molecular complexity index is 268. The standard InChI is InChI=1S/C13H24N2O2/c1-10(2)14-7-6-13(16)15-8-9-17-12-5-3-4-11(12)15/h10-12,14H,3-9H2,1-2H3. The van der Waals surface area contributed by atoms with E-state index >= 15 is 0 Å². The molecule has 4 nitrogen and oxygen atoms in total. The van der Waals surface area contributed by atoms with Gasteiger partial charge in [0.1, 0.15) is 0 Å². The topological polar surface area (TPSA) is 41.6 Å². The van der Waals surface area contributed by atoms with Crippen LogP contribution in [0.15, 0.2) is 0 Å². The van der Waals surface area contributed by atoms with Gasteiger partial charge in [0.05, 0.1) is 18.8 Å². The van der Waals surface area contributed by atoms with Gasteiger partial charge in [0.25, 0.3) is 0 Å². The summed E-state index contributed by atoms with van der Waals surface area (Å²) in [6.07, 6.45) is 4.36. The van der Waals surface area contributed by atoms with Gasteiger partial charge in [0.15, 0.2) is 0 Å². The lowest BCUT2D eigenvalue weighted by atomic mass is 10.1. The Morgan fingerprint density at radius 1 is 1.47 bits per heavy atom. The van der Waals surface area contributed by atoms with Crippen LogP contribution in [-0.2, 0) is 9.53 Å². The molecule has 1 amide bonds. The Kier molecular flexibility index (Phi) is 4.40. The largest absolute Gasteiger partial charge is 0.374 e. The van der Waals surface area contributed by atoms with Crippen LogP contribution in [0, 0.1) is 0 Å². The van der Waals surface area contributed by atoms with Crippen molar-refractivity contribution in [3.05, 3.63) is 0 Å². The zero-order valence-electron chi connectivity index (χ0n) is 10.9. The maximum atomic E-state index is 12.2. The quantitative estimate of drug-likeness (QED) is 0.801. The Balaban J connectivity index is 1.81. The predicted molar refractivity (Wildman–Crippen MR) is 66.8 cm³/mol. The Morgan fingerprint density at radius 2 is 2.29 bits per heavy atom. The van der Waals surface area contributed by atoms with E-state index in [0.29, 0.717) is 37.1 Å². The van der Waals surface area contributed by atoms with Gasteiger partial charge in [0, 0.05) is 25.6 Å². The fourth-order valence-electron chi connectivity index (χ4n) is 2.85. The molecule has 4 heteroatoms. The third-order valence-corrected chi connectivity index (χ3v) is 3.69. The molecule has 2 rings (SSSR count). The summed E-state index contributed by atoms with van der Waals surface area (Å²) in [5.41, 5.74) is 0. The normalized spacial score (nSPS) is 28.5. The van der Waals surface area contributed by atoms with Gasteiger partial charge in [0.2, 0.25) is 5.91 Å². The molecule has 1 heterocycles. The first-order chi connectivity index (χ1) is 8.18. The molecule has 98 valence electrons. The maximum absolute atomic E-state index is 12.2. The lowest BCUT2D eigenvalue weighted by Crippen LogP contribution is -2.51. The number of hydrogen-bond donors (Lipinski definition) is 1. The summed E-state index contributed by atoms with van der Waals surface area (Å²) in [4.78, 5) is 14.2. The van der Waals surface area contributed by atoms with E-state index in [1.165, 1.54) is 6.42 Å². The second-order valence-corrected chi connectivity index (χ2v) is 5.35. The first-order valence-corrected chi connectivity index (χ1v) is 6.83. The second kappa shape index (κ2) is 5.83. The van der Waals surface area contributed by atoms with E-state index in [0.717, 1.165) is 25.9 Å². The lowest BCUT2D eigenvalue weighted by molar-refractivity contribution is -0.143. The van der Waals surface area contributed by atoms with Crippen LogP contribution in [0.1, 0.15) is 39.5 Å². The van der Waals surface area contributed by atoms with E-state index in [2.05, 4.69) is 24.1 Å². The van der Waals surface area contributed by atoms with Crippen LogP contribution in [0.3, 0.4) is 0 Å². The van der Waals surface area contributed by atoms with Crippen LogP contribution in [0.4, 0.5) is 0 Å². The average Bonchev–Trinajstić information content (AvgIpc) is 2.75. The van der Waals surface area contributed by atoms with Crippen molar-refractivity contribution >= 4 is 5.91 Å². The number of carbonyl (C=O) groups excluding carboxylic acids is 1. The van der Waals surface area contributed by atoms with Crippen molar-refractivity contribution in [2.45, 2.75) is 57.7 Å². The fraction of sp³-hybridized carbons (Fsp3) is 0.923. The molecule has 2 unspecified atom stereocenters. The zero-order valence-corrected chi connectivity index (χ0v) is 10.9. The van der Waals surface area contributed by atoms with Crippen LogP contribution in [0.25, 0.3) is 0 Å². The highest BCUT2D eigenvalue weighted by molar-refractivity contribution is 5.77. The van der Waals surface area contributed by atoms with Gasteiger partial charge in [-0.1, -0.05) is 13.8 Å². The number of morpholine rings is 1. The van der Waals surface area contributed by atoms with Crippen LogP contribution in [0.2, 0.25) is 0 Å². The number of hydrogen-bond acceptors (Lipinski definition) is 3. The summed E-state index contributed by atoms with van der Waals surface area (Å²) in [6, 6.07) is 0.807. The number of ether oxygens (including phenoxy) is 1. The highest BCUT2D eigenvalue weighted by atomic mass is 16.5. The van der Waals surface area contributed by atoms with E-state index in [1.807, 2.05) is 0 Å². The Morgan fingerprint density at radius 3 is 3.06 bits per heavy atom. The van der Waals surface area contributed by atoms with E-state index in [4.69, 9.17) is 4.74 Å². The molecule has 0 spiro atoms.